The number of para-hydroxylation sites is 1. The van der Waals surface area contributed by atoms with Crippen LogP contribution in [0.5, 0.6) is 0 Å². The van der Waals surface area contributed by atoms with Crippen molar-refractivity contribution >= 4 is 34.6 Å². The summed E-state index contributed by atoms with van der Waals surface area (Å²) in [5.74, 6) is -2.56. The summed E-state index contributed by atoms with van der Waals surface area (Å²) >= 11 is 0. The molecule has 0 radical (unpaired) electrons. The normalized spacial score (nSPS) is 16.8. The molecule has 10 heteroatoms. The number of fused-ring (bicyclic) bond motifs is 1. The van der Waals surface area contributed by atoms with Gasteiger partial charge in [-0.25, -0.2) is 0 Å². The molecule has 4 rings (SSSR count). The summed E-state index contributed by atoms with van der Waals surface area (Å²) in [5.41, 5.74) is 8.85. The molecule has 0 bridgehead atoms. The molecule has 1 aromatic heterocycles. The Labute approximate surface area is 214 Å². The Balaban J connectivity index is 1.54. The molecule has 1 saturated heterocycles. The molecule has 3 aromatic rings. The van der Waals surface area contributed by atoms with Gasteiger partial charge >= 0.3 is 5.97 Å². The molecule has 6 N–H and O–H groups in total. The zero-order valence-corrected chi connectivity index (χ0v) is 20.4. The molecule has 0 spiro atoms. The molecule has 1 aliphatic heterocycles. The summed E-state index contributed by atoms with van der Waals surface area (Å²) in [4.78, 5) is 55.0. The number of aromatic amines is 1. The van der Waals surface area contributed by atoms with Crippen molar-refractivity contribution in [2.45, 2.75) is 43.8 Å². The quantitative estimate of drug-likeness (QED) is 0.276. The van der Waals surface area contributed by atoms with Crippen molar-refractivity contribution in [2.75, 3.05) is 13.1 Å². The van der Waals surface area contributed by atoms with Crippen LogP contribution in [0.1, 0.15) is 24.0 Å². The molecule has 0 aliphatic carbocycles. The number of carbonyl (C=O) groups excluding carboxylic acids is 3. The van der Waals surface area contributed by atoms with Crippen LogP contribution in [-0.4, -0.2) is 69.9 Å². The number of carboxylic acids is 1. The van der Waals surface area contributed by atoms with Gasteiger partial charge in [-0.2, -0.15) is 0 Å². The molecule has 3 amide bonds. The highest BCUT2D eigenvalue weighted by molar-refractivity contribution is 5.95. The van der Waals surface area contributed by atoms with E-state index in [4.69, 9.17) is 10.8 Å². The van der Waals surface area contributed by atoms with E-state index in [1.165, 1.54) is 4.90 Å². The van der Waals surface area contributed by atoms with Crippen LogP contribution in [0.25, 0.3) is 10.9 Å². The molecule has 37 heavy (non-hydrogen) atoms. The van der Waals surface area contributed by atoms with Crippen LogP contribution in [0.3, 0.4) is 0 Å². The standard InChI is InChI=1S/C27H31N5O5/c28-20(13-17-7-2-1-3-8-17)25(35)31-22(14-18-15-29-21-10-5-4-9-19(18)21)27(37)32-12-6-11-23(32)26(36)30-16-24(33)34/h1-5,7-10,15,20,22-23,29H,6,11-14,16,28H2,(H,30,36)(H,31,35)(H,33,34). The lowest BCUT2D eigenvalue weighted by molar-refractivity contribution is -0.142. The monoisotopic (exact) mass is 505 g/mol. The first-order chi connectivity index (χ1) is 17.8. The van der Waals surface area contributed by atoms with Gasteiger partial charge in [0.15, 0.2) is 0 Å². The van der Waals surface area contributed by atoms with Gasteiger partial charge in [-0.15, -0.1) is 0 Å². The number of H-pyrrole nitrogens is 1. The van der Waals surface area contributed by atoms with Gasteiger partial charge in [-0.05, 0) is 36.5 Å². The zero-order chi connectivity index (χ0) is 26.4. The van der Waals surface area contributed by atoms with E-state index >= 15 is 0 Å². The summed E-state index contributed by atoms with van der Waals surface area (Å²) in [6.07, 6.45) is 3.33. The SMILES string of the molecule is NC(Cc1ccccc1)C(=O)NC(Cc1c[nH]c2ccccc12)C(=O)N1CCCC1C(=O)NCC(=O)O. The highest BCUT2D eigenvalue weighted by Gasteiger charge is 2.38. The Kier molecular flexibility index (Phi) is 8.19. The smallest absolute Gasteiger partial charge is 0.322 e. The minimum absolute atomic E-state index is 0.201. The number of amides is 3. The highest BCUT2D eigenvalue weighted by Crippen LogP contribution is 2.23. The van der Waals surface area contributed by atoms with Gasteiger partial charge in [-0.3, -0.25) is 19.2 Å². The Bertz CT molecular complexity index is 1270. The van der Waals surface area contributed by atoms with E-state index in [1.54, 1.807) is 0 Å². The number of aromatic nitrogens is 1. The molecule has 3 unspecified atom stereocenters. The Morgan fingerprint density at radius 2 is 1.78 bits per heavy atom. The average molecular weight is 506 g/mol. The Hall–Kier alpha value is -4.18. The maximum absolute atomic E-state index is 13.7. The molecular formula is C27H31N5O5. The van der Waals surface area contributed by atoms with E-state index < -0.39 is 48.4 Å². The lowest BCUT2D eigenvalue weighted by atomic mass is 10.0. The molecular weight excluding hydrogens is 474 g/mol. The number of benzene rings is 2. The lowest BCUT2D eigenvalue weighted by Crippen LogP contribution is -2.56. The number of hydrogen-bond donors (Lipinski definition) is 5. The van der Waals surface area contributed by atoms with Crippen molar-refractivity contribution in [3.05, 3.63) is 71.9 Å². The minimum atomic E-state index is -1.17. The van der Waals surface area contributed by atoms with Crippen molar-refractivity contribution in [1.82, 2.24) is 20.5 Å². The minimum Gasteiger partial charge on any atom is -0.480 e. The molecule has 2 heterocycles. The van der Waals surface area contributed by atoms with Crippen LogP contribution in [0.4, 0.5) is 0 Å². The number of rotatable bonds is 10. The number of hydrogen-bond acceptors (Lipinski definition) is 5. The number of nitrogens with two attached hydrogens (primary N) is 1. The lowest BCUT2D eigenvalue weighted by Gasteiger charge is -2.29. The fraction of sp³-hybridized carbons (Fsp3) is 0.333. The predicted octanol–water partition coefficient (Wildman–Crippen LogP) is 0.957. The van der Waals surface area contributed by atoms with Gasteiger partial charge in [0.2, 0.25) is 17.7 Å². The van der Waals surface area contributed by atoms with Gasteiger partial charge in [0.05, 0.1) is 6.04 Å². The van der Waals surface area contributed by atoms with Crippen molar-refractivity contribution in [1.29, 1.82) is 0 Å². The predicted molar refractivity (Wildman–Crippen MR) is 137 cm³/mol. The fourth-order valence-electron chi connectivity index (χ4n) is 4.74. The first-order valence-electron chi connectivity index (χ1n) is 12.3. The van der Waals surface area contributed by atoms with E-state index in [1.807, 2.05) is 60.8 Å². The molecule has 0 saturated carbocycles. The maximum Gasteiger partial charge on any atom is 0.322 e. The third-order valence-electron chi connectivity index (χ3n) is 6.60. The van der Waals surface area contributed by atoms with E-state index in [0.717, 1.165) is 22.0 Å². The fourth-order valence-corrected chi connectivity index (χ4v) is 4.74. The molecule has 194 valence electrons. The topological polar surface area (TPSA) is 158 Å². The van der Waals surface area contributed by atoms with Gasteiger partial charge in [-0.1, -0.05) is 48.5 Å². The number of carbonyl (C=O) groups is 4. The van der Waals surface area contributed by atoms with Gasteiger partial charge in [0.25, 0.3) is 0 Å². The third kappa shape index (κ3) is 6.34. The number of likely N-dealkylation sites (tertiary alicyclic amines) is 1. The van der Waals surface area contributed by atoms with Crippen molar-refractivity contribution < 1.29 is 24.3 Å². The summed E-state index contributed by atoms with van der Waals surface area (Å²) < 4.78 is 0. The van der Waals surface area contributed by atoms with Crippen LogP contribution in [0.2, 0.25) is 0 Å². The summed E-state index contributed by atoms with van der Waals surface area (Å²) in [7, 11) is 0. The van der Waals surface area contributed by atoms with E-state index in [9.17, 15) is 19.2 Å². The number of carboxylic acid groups (broad SMARTS) is 1. The number of aliphatic carboxylic acids is 1. The van der Waals surface area contributed by atoms with Crippen LogP contribution < -0.4 is 16.4 Å². The molecule has 10 nitrogen and oxygen atoms in total. The van der Waals surface area contributed by atoms with Crippen molar-refractivity contribution in [2.24, 2.45) is 5.73 Å². The van der Waals surface area contributed by atoms with Gasteiger partial charge in [0, 0.05) is 30.1 Å². The zero-order valence-electron chi connectivity index (χ0n) is 20.4. The second-order valence-corrected chi connectivity index (χ2v) is 9.22. The third-order valence-corrected chi connectivity index (χ3v) is 6.60. The molecule has 2 aromatic carbocycles. The molecule has 1 fully saturated rings. The number of nitrogens with one attached hydrogen (secondary N) is 3. The van der Waals surface area contributed by atoms with Crippen LogP contribution in [0.15, 0.2) is 60.8 Å². The maximum atomic E-state index is 13.7. The summed E-state index contributed by atoms with van der Waals surface area (Å²) in [6.45, 7) is -0.193. The summed E-state index contributed by atoms with van der Waals surface area (Å²) in [6, 6.07) is 14.4. The van der Waals surface area contributed by atoms with E-state index in [2.05, 4.69) is 15.6 Å². The number of nitrogens with zero attached hydrogens (tertiary/aromatic N) is 1. The van der Waals surface area contributed by atoms with Crippen LogP contribution >= 0.6 is 0 Å². The van der Waals surface area contributed by atoms with Crippen LogP contribution in [-0.2, 0) is 32.0 Å². The Morgan fingerprint density at radius 3 is 2.54 bits per heavy atom. The van der Waals surface area contributed by atoms with Crippen LogP contribution in [0, 0.1) is 0 Å². The first-order valence-corrected chi connectivity index (χ1v) is 12.3. The largest absolute Gasteiger partial charge is 0.480 e. The van der Waals surface area contributed by atoms with Gasteiger partial charge in [0.1, 0.15) is 18.6 Å². The highest BCUT2D eigenvalue weighted by atomic mass is 16.4. The Morgan fingerprint density at radius 1 is 1.05 bits per heavy atom. The molecule has 1 aliphatic rings. The second-order valence-electron chi connectivity index (χ2n) is 9.22. The van der Waals surface area contributed by atoms with E-state index in [0.29, 0.717) is 25.8 Å². The summed E-state index contributed by atoms with van der Waals surface area (Å²) in [5, 5.41) is 15.0. The molecule has 3 atom stereocenters. The average Bonchev–Trinajstić information content (AvgIpc) is 3.55. The van der Waals surface area contributed by atoms with Gasteiger partial charge < -0.3 is 31.4 Å². The van der Waals surface area contributed by atoms with Crippen molar-refractivity contribution in [3.8, 4) is 0 Å². The van der Waals surface area contributed by atoms with E-state index in [-0.39, 0.29) is 6.42 Å². The first kappa shape index (κ1) is 25.9. The van der Waals surface area contributed by atoms with Crippen molar-refractivity contribution in [3.63, 3.8) is 0 Å². The second kappa shape index (κ2) is 11.7.